The van der Waals surface area contributed by atoms with E-state index in [9.17, 15) is 31.1 Å². The molecule has 0 amide bonds. The van der Waals surface area contributed by atoms with E-state index in [2.05, 4.69) is 0 Å². The van der Waals surface area contributed by atoms with Crippen molar-refractivity contribution in [3.63, 3.8) is 0 Å². The molecule has 0 spiro atoms. The Hall–Kier alpha value is -1.73. The van der Waals surface area contributed by atoms with Gasteiger partial charge in [-0.15, -0.1) is 0 Å². The number of carbonyl (C=O) groups is 1. The topological polar surface area (TPSA) is 17.1 Å². The molecule has 0 atom stereocenters. The average Bonchev–Trinajstić information content (AvgIpc) is 2.41. The highest BCUT2D eigenvalue weighted by atomic mass is 35.5. The lowest BCUT2D eigenvalue weighted by Gasteiger charge is -2.19. The highest BCUT2D eigenvalue weighted by molar-refractivity contribution is 6.32. The molecule has 140 valence electrons. The van der Waals surface area contributed by atoms with Gasteiger partial charge in [-0.05, 0) is 49.2 Å². The largest absolute Gasteiger partial charge is 0.417 e. The third-order valence-corrected chi connectivity index (χ3v) is 4.09. The molecule has 0 aliphatic heterocycles. The van der Waals surface area contributed by atoms with Gasteiger partial charge in [-0.2, -0.15) is 26.3 Å². The normalized spacial score (nSPS) is 12.4. The smallest absolute Gasteiger partial charge is 0.289 e. The summed E-state index contributed by atoms with van der Waals surface area (Å²) in [4.78, 5) is 12.7. The Morgan fingerprint density at radius 1 is 0.731 bits per heavy atom. The number of hydrogen-bond donors (Lipinski definition) is 0. The standard InChI is InChI=1S/C17H10Cl2F6O/c1-7-3-9(18)5-11(13(7)16(20,21)22)15(26)12-6-10(19)4-8(2)14(12)17(23,24)25/h3-6H,1-2H3. The molecular weight excluding hydrogens is 405 g/mol. The fourth-order valence-electron chi connectivity index (χ4n) is 2.74. The number of carbonyl (C=O) groups excluding carboxylic acids is 1. The van der Waals surface area contributed by atoms with E-state index in [0.29, 0.717) is 12.1 Å². The molecular formula is C17H10Cl2F6O. The predicted octanol–water partition coefficient (Wildman–Crippen LogP) is 6.88. The molecule has 0 radical (unpaired) electrons. The van der Waals surface area contributed by atoms with Gasteiger partial charge in [0.1, 0.15) is 0 Å². The molecule has 9 heteroatoms. The maximum absolute atomic E-state index is 13.4. The number of halogens is 8. The van der Waals surface area contributed by atoms with Crippen LogP contribution >= 0.6 is 23.2 Å². The van der Waals surface area contributed by atoms with Crippen LogP contribution in [0.4, 0.5) is 26.3 Å². The predicted molar refractivity (Wildman–Crippen MR) is 85.8 cm³/mol. The Morgan fingerprint density at radius 2 is 1.04 bits per heavy atom. The first kappa shape index (κ1) is 20.6. The molecule has 1 nitrogen and oxygen atoms in total. The number of alkyl halides is 6. The summed E-state index contributed by atoms with van der Waals surface area (Å²) in [7, 11) is 0. The summed E-state index contributed by atoms with van der Waals surface area (Å²) in [6.07, 6.45) is -9.91. The first-order chi connectivity index (χ1) is 11.7. The van der Waals surface area contributed by atoms with E-state index in [0.717, 1.165) is 26.0 Å². The molecule has 2 aromatic rings. The van der Waals surface area contributed by atoms with Crippen molar-refractivity contribution in [1.29, 1.82) is 0 Å². The van der Waals surface area contributed by atoms with Crippen molar-refractivity contribution in [3.8, 4) is 0 Å². The Labute approximate surface area is 154 Å². The molecule has 0 aromatic heterocycles. The van der Waals surface area contributed by atoms with Gasteiger partial charge in [0, 0.05) is 21.2 Å². The minimum Gasteiger partial charge on any atom is -0.289 e. The van der Waals surface area contributed by atoms with Gasteiger partial charge in [0.15, 0.2) is 5.78 Å². The molecule has 0 unspecified atom stereocenters. The third kappa shape index (κ3) is 3.99. The van der Waals surface area contributed by atoms with Crippen molar-refractivity contribution >= 4 is 29.0 Å². The number of rotatable bonds is 2. The molecule has 0 heterocycles. The van der Waals surface area contributed by atoms with Crippen molar-refractivity contribution in [3.05, 3.63) is 67.7 Å². The highest BCUT2D eigenvalue weighted by Crippen LogP contribution is 2.40. The lowest BCUT2D eigenvalue weighted by molar-refractivity contribution is -0.138. The van der Waals surface area contributed by atoms with E-state index in [1.165, 1.54) is 0 Å². The van der Waals surface area contributed by atoms with Gasteiger partial charge >= 0.3 is 12.4 Å². The van der Waals surface area contributed by atoms with Crippen LogP contribution in [0.3, 0.4) is 0 Å². The minimum atomic E-state index is -4.95. The molecule has 0 aliphatic rings. The average molecular weight is 415 g/mol. The van der Waals surface area contributed by atoms with Crippen LogP contribution in [0, 0.1) is 13.8 Å². The van der Waals surface area contributed by atoms with Crippen molar-refractivity contribution in [2.45, 2.75) is 26.2 Å². The molecule has 0 saturated carbocycles. The van der Waals surface area contributed by atoms with E-state index in [-0.39, 0.29) is 21.2 Å². The van der Waals surface area contributed by atoms with E-state index in [1.807, 2.05) is 0 Å². The Morgan fingerprint density at radius 3 is 1.31 bits per heavy atom. The molecule has 0 bridgehead atoms. The van der Waals surface area contributed by atoms with E-state index in [1.54, 1.807) is 0 Å². The number of hydrogen-bond acceptors (Lipinski definition) is 1. The SMILES string of the molecule is Cc1cc(Cl)cc(C(=O)c2cc(Cl)cc(C)c2C(F)(F)F)c1C(F)(F)F. The van der Waals surface area contributed by atoms with Crippen molar-refractivity contribution < 1.29 is 31.1 Å². The minimum absolute atomic E-state index is 0.203. The summed E-state index contributed by atoms with van der Waals surface area (Å²) >= 11 is 11.5. The first-order valence-corrected chi connectivity index (χ1v) is 7.78. The van der Waals surface area contributed by atoms with Gasteiger partial charge in [0.25, 0.3) is 0 Å². The molecule has 2 rings (SSSR count). The molecule has 2 aromatic carbocycles. The van der Waals surface area contributed by atoms with Crippen LogP contribution in [-0.2, 0) is 12.4 Å². The summed E-state index contributed by atoms with van der Waals surface area (Å²) in [6.45, 7) is 2.14. The van der Waals surface area contributed by atoms with Crippen LogP contribution in [0.1, 0.15) is 38.2 Å². The molecule has 0 saturated heterocycles. The zero-order chi connectivity index (χ0) is 20.0. The fraction of sp³-hybridized carbons (Fsp3) is 0.235. The van der Waals surface area contributed by atoms with Gasteiger partial charge in [-0.3, -0.25) is 4.79 Å². The molecule has 0 N–H and O–H groups in total. The Bertz CT molecular complexity index is 813. The maximum atomic E-state index is 13.4. The van der Waals surface area contributed by atoms with Gasteiger partial charge in [-0.1, -0.05) is 23.2 Å². The zero-order valence-corrected chi connectivity index (χ0v) is 14.8. The summed E-state index contributed by atoms with van der Waals surface area (Å²) in [6, 6.07) is 3.37. The van der Waals surface area contributed by atoms with Crippen LogP contribution in [0.5, 0.6) is 0 Å². The second-order valence-corrected chi connectivity index (χ2v) is 6.49. The molecule has 0 fully saturated rings. The van der Waals surface area contributed by atoms with Crippen LogP contribution in [0.25, 0.3) is 0 Å². The van der Waals surface area contributed by atoms with Crippen LogP contribution < -0.4 is 0 Å². The van der Waals surface area contributed by atoms with E-state index >= 15 is 0 Å². The van der Waals surface area contributed by atoms with Crippen molar-refractivity contribution in [1.82, 2.24) is 0 Å². The number of benzene rings is 2. The van der Waals surface area contributed by atoms with Gasteiger partial charge < -0.3 is 0 Å². The summed E-state index contributed by atoms with van der Waals surface area (Å²) < 4.78 is 80.2. The Balaban J connectivity index is 2.84. The maximum Gasteiger partial charge on any atom is 0.417 e. The number of ketones is 1. The summed E-state index contributed by atoms with van der Waals surface area (Å²) in [5.41, 5.74) is -5.35. The van der Waals surface area contributed by atoms with Gasteiger partial charge in [0.2, 0.25) is 0 Å². The Kier molecular flexibility index (Phi) is 5.36. The second kappa shape index (κ2) is 6.78. The number of aryl methyl sites for hydroxylation is 2. The lowest BCUT2D eigenvalue weighted by Crippen LogP contribution is -2.20. The van der Waals surface area contributed by atoms with Crippen LogP contribution in [0.15, 0.2) is 24.3 Å². The van der Waals surface area contributed by atoms with Crippen molar-refractivity contribution in [2.75, 3.05) is 0 Å². The molecule has 0 aliphatic carbocycles. The van der Waals surface area contributed by atoms with Gasteiger partial charge in [-0.25, -0.2) is 0 Å². The monoisotopic (exact) mass is 414 g/mol. The molecule has 26 heavy (non-hydrogen) atoms. The van der Waals surface area contributed by atoms with Crippen LogP contribution in [0.2, 0.25) is 10.0 Å². The summed E-state index contributed by atoms with van der Waals surface area (Å²) in [5, 5.41) is -0.405. The van der Waals surface area contributed by atoms with E-state index in [4.69, 9.17) is 23.2 Å². The van der Waals surface area contributed by atoms with Gasteiger partial charge in [0.05, 0.1) is 11.1 Å². The third-order valence-electron chi connectivity index (χ3n) is 3.66. The summed E-state index contributed by atoms with van der Waals surface area (Å²) in [5.74, 6) is -1.46. The lowest BCUT2D eigenvalue weighted by atomic mass is 9.90. The second-order valence-electron chi connectivity index (χ2n) is 5.62. The quantitative estimate of drug-likeness (QED) is 0.386. The van der Waals surface area contributed by atoms with Crippen molar-refractivity contribution in [2.24, 2.45) is 0 Å². The van der Waals surface area contributed by atoms with E-state index < -0.39 is 40.4 Å². The highest BCUT2D eigenvalue weighted by Gasteiger charge is 2.41. The van der Waals surface area contributed by atoms with Crippen LogP contribution in [-0.4, -0.2) is 5.78 Å². The fourth-order valence-corrected chi connectivity index (χ4v) is 3.29. The zero-order valence-electron chi connectivity index (χ0n) is 13.2. The first-order valence-electron chi connectivity index (χ1n) is 7.03.